The number of hydrogen-bond donors (Lipinski definition) is 2. The zero-order valence-electron chi connectivity index (χ0n) is 23.7. The summed E-state index contributed by atoms with van der Waals surface area (Å²) in [7, 11) is 0. The number of fused-ring (bicyclic) bond motifs is 1. The minimum atomic E-state index is -0.481. The Morgan fingerprint density at radius 3 is 2.46 bits per heavy atom. The molecule has 0 bridgehead atoms. The smallest absolute Gasteiger partial charge is 0.261 e. The predicted molar refractivity (Wildman–Crippen MR) is 165 cm³/mol. The first-order valence-electron chi connectivity index (χ1n) is 15.0. The van der Waals surface area contributed by atoms with Gasteiger partial charge in [0, 0.05) is 81.7 Å². The van der Waals surface area contributed by atoms with Gasteiger partial charge in [-0.05, 0) is 74.1 Å². The van der Waals surface area contributed by atoms with Crippen LogP contribution in [0.5, 0.6) is 0 Å². The van der Waals surface area contributed by atoms with Crippen molar-refractivity contribution >= 4 is 34.0 Å². The molecule has 1 aromatic heterocycles. The van der Waals surface area contributed by atoms with Crippen LogP contribution in [-0.2, 0) is 16.9 Å². The van der Waals surface area contributed by atoms with Gasteiger partial charge in [0.05, 0.1) is 11.3 Å². The lowest BCUT2D eigenvalue weighted by molar-refractivity contribution is 0.0855. The molecule has 10 heteroatoms. The van der Waals surface area contributed by atoms with Crippen LogP contribution in [0, 0.1) is 5.82 Å². The molecule has 0 amide bonds. The maximum Gasteiger partial charge on any atom is 0.261 e. The fourth-order valence-electron chi connectivity index (χ4n) is 6.39. The highest BCUT2D eigenvalue weighted by Gasteiger charge is 2.27. The number of anilines is 2. The zero-order valence-corrected chi connectivity index (χ0v) is 24.5. The maximum atomic E-state index is 15.0. The summed E-state index contributed by atoms with van der Waals surface area (Å²) < 4.78 is 20.4. The zero-order chi connectivity index (χ0) is 28.2. The number of aromatic nitrogens is 2. The van der Waals surface area contributed by atoms with Gasteiger partial charge in [0.1, 0.15) is 17.0 Å². The second-order valence-electron chi connectivity index (χ2n) is 11.5. The van der Waals surface area contributed by atoms with E-state index in [4.69, 9.17) is 10.5 Å². The van der Waals surface area contributed by atoms with E-state index in [2.05, 4.69) is 36.8 Å². The third-order valence-corrected chi connectivity index (χ3v) is 10.2. The van der Waals surface area contributed by atoms with E-state index in [1.165, 1.54) is 24.6 Å². The molecule has 2 aromatic carbocycles. The van der Waals surface area contributed by atoms with E-state index in [9.17, 15) is 9.18 Å². The van der Waals surface area contributed by atoms with Gasteiger partial charge in [-0.2, -0.15) is 11.8 Å². The average molecular weight is 581 g/mol. The molecule has 41 heavy (non-hydrogen) atoms. The second-order valence-corrected chi connectivity index (χ2v) is 12.8. The lowest BCUT2D eigenvalue weighted by Gasteiger charge is -2.43. The molecule has 0 atom stereocenters. The van der Waals surface area contributed by atoms with Crippen molar-refractivity contribution in [2.45, 2.75) is 49.1 Å². The standard InChI is InChI=1S/C31H41FN6O2S/c32-27-19-22(20-28-30(27)31(39)35-29(34-28)21-41-26-8-17-40-18-9-26)5-10-36-13-15-38(16-14-36)25-6-11-37(12-7-25)24-3-1-23(33)2-4-24/h1-4,19-20,25-26H,5-18,21,33H2,(H,34,35,39). The average Bonchev–Trinajstić information content (AvgIpc) is 3.00. The van der Waals surface area contributed by atoms with Crippen LogP contribution in [0.25, 0.3) is 10.9 Å². The number of piperidine rings is 1. The van der Waals surface area contributed by atoms with Crippen LogP contribution >= 0.6 is 11.8 Å². The van der Waals surface area contributed by atoms with Gasteiger partial charge in [-0.3, -0.25) is 9.69 Å². The largest absolute Gasteiger partial charge is 0.399 e. The molecule has 0 unspecified atom stereocenters. The minimum Gasteiger partial charge on any atom is -0.399 e. The first kappa shape index (κ1) is 28.5. The Bertz CT molecular complexity index is 1360. The number of benzene rings is 2. The van der Waals surface area contributed by atoms with E-state index < -0.39 is 11.4 Å². The molecular formula is C31H41FN6O2S. The van der Waals surface area contributed by atoms with Gasteiger partial charge in [-0.1, -0.05) is 0 Å². The van der Waals surface area contributed by atoms with Crippen LogP contribution in [0.15, 0.2) is 41.2 Å². The van der Waals surface area contributed by atoms with Gasteiger partial charge in [0.2, 0.25) is 0 Å². The molecule has 0 radical (unpaired) electrons. The van der Waals surface area contributed by atoms with Crippen molar-refractivity contribution in [3.63, 3.8) is 0 Å². The van der Waals surface area contributed by atoms with Crippen molar-refractivity contribution in [2.24, 2.45) is 0 Å². The molecule has 6 rings (SSSR count). The van der Waals surface area contributed by atoms with Crippen LogP contribution in [0.1, 0.15) is 37.1 Å². The third kappa shape index (κ3) is 7.05. The van der Waals surface area contributed by atoms with Crippen LogP contribution in [0.2, 0.25) is 0 Å². The molecule has 220 valence electrons. The van der Waals surface area contributed by atoms with Crippen LogP contribution in [0.4, 0.5) is 15.8 Å². The van der Waals surface area contributed by atoms with Crippen molar-refractivity contribution in [1.29, 1.82) is 0 Å². The van der Waals surface area contributed by atoms with Crippen molar-refractivity contribution in [2.75, 3.05) is 69.7 Å². The summed E-state index contributed by atoms with van der Waals surface area (Å²) in [5.41, 5.74) is 8.88. The molecule has 3 aliphatic rings. The van der Waals surface area contributed by atoms with Gasteiger partial charge in [0.15, 0.2) is 0 Å². The highest BCUT2D eigenvalue weighted by atomic mass is 32.2. The molecule has 3 fully saturated rings. The quantitative estimate of drug-likeness (QED) is 0.388. The molecule has 0 saturated carbocycles. The number of halogens is 1. The number of nitrogens with two attached hydrogens (primary N) is 1. The Morgan fingerprint density at radius 1 is 1.00 bits per heavy atom. The molecule has 3 aliphatic heterocycles. The molecule has 3 aromatic rings. The SMILES string of the molecule is Nc1ccc(N2CCC(N3CCN(CCc4cc(F)c5c(=O)[nH]c(CSC6CCOCC6)nc5c4)CC3)CC2)cc1. The summed E-state index contributed by atoms with van der Waals surface area (Å²) in [6.07, 6.45) is 5.14. The summed E-state index contributed by atoms with van der Waals surface area (Å²) in [5.74, 6) is 0.753. The predicted octanol–water partition coefficient (Wildman–Crippen LogP) is 3.89. The summed E-state index contributed by atoms with van der Waals surface area (Å²) in [6, 6.07) is 12.3. The van der Waals surface area contributed by atoms with E-state index >= 15 is 0 Å². The molecule has 8 nitrogen and oxygen atoms in total. The molecule has 3 N–H and O–H groups in total. The Morgan fingerprint density at radius 2 is 1.73 bits per heavy atom. The number of rotatable bonds is 8. The van der Waals surface area contributed by atoms with Crippen molar-refractivity contribution in [3.05, 3.63) is 64.0 Å². The van der Waals surface area contributed by atoms with Gasteiger partial charge >= 0.3 is 0 Å². The normalized spacial score (nSPS) is 20.2. The lowest BCUT2D eigenvalue weighted by Crippen LogP contribution is -2.53. The Kier molecular flexibility index (Phi) is 9.10. The van der Waals surface area contributed by atoms with Crippen molar-refractivity contribution in [3.8, 4) is 0 Å². The Hall–Kier alpha value is -2.66. The first-order valence-corrected chi connectivity index (χ1v) is 16.0. The van der Waals surface area contributed by atoms with E-state index in [1.807, 2.05) is 18.2 Å². The topological polar surface area (TPSA) is 90.7 Å². The third-order valence-electron chi connectivity index (χ3n) is 8.86. The summed E-state index contributed by atoms with van der Waals surface area (Å²) in [6.45, 7) is 8.81. The Labute approximate surface area is 245 Å². The molecule has 0 aliphatic carbocycles. The summed E-state index contributed by atoms with van der Waals surface area (Å²) in [5, 5.41) is 0.570. The van der Waals surface area contributed by atoms with Crippen molar-refractivity contribution < 1.29 is 9.13 Å². The number of ether oxygens (including phenoxy) is 1. The van der Waals surface area contributed by atoms with Crippen LogP contribution in [0.3, 0.4) is 0 Å². The number of hydrogen-bond acceptors (Lipinski definition) is 8. The maximum absolute atomic E-state index is 15.0. The van der Waals surface area contributed by atoms with E-state index in [0.29, 0.717) is 28.4 Å². The second kappa shape index (κ2) is 13.1. The van der Waals surface area contributed by atoms with Crippen LogP contribution < -0.4 is 16.2 Å². The lowest BCUT2D eigenvalue weighted by atomic mass is 10.0. The molecular weight excluding hydrogens is 539 g/mol. The van der Waals surface area contributed by atoms with Gasteiger partial charge in [-0.25, -0.2) is 9.37 Å². The van der Waals surface area contributed by atoms with E-state index in [-0.39, 0.29) is 5.39 Å². The minimum absolute atomic E-state index is 0.0598. The first-order chi connectivity index (χ1) is 20.0. The van der Waals surface area contributed by atoms with Gasteiger partial charge in [0.25, 0.3) is 5.56 Å². The number of nitrogens with zero attached hydrogens (tertiary/aromatic N) is 4. The number of nitrogens with one attached hydrogen (secondary N) is 1. The monoisotopic (exact) mass is 580 g/mol. The van der Waals surface area contributed by atoms with Gasteiger partial charge < -0.3 is 25.3 Å². The van der Waals surface area contributed by atoms with E-state index in [1.54, 1.807) is 11.8 Å². The highest BCUT2D eigenvalue weighted by molar-refractivity contribution is 7.99. The number of nitrogen functional groups attached to an aromatic ring is 1. The molecule has 3 saturated heterocycles. The number of thioether (sulfide) groups is 1. The Balaban J connectivity index is 0.994. The molecule has 0 spiro atoms. The van der Waals surface area contributed by atoms with E-state index in [0.717, 1.165) is 89.5 Å². The summed E-state index contributed by atoms with van der Waals surface area (Å²) in [4.78, 5) is 27.7. The van der Waals surface area contributed by atoms with Crippen LogP contribution in [-0.4, -0.2) is 90.1 Å². The number of H-pyrrole nitrogens is 1. The van der Waals surface area contributed by atoms with Gasteiger partial charge in [-0.15, -0.1) is 0 Å². The van der Waals surface area contributed by atoms with Crippen molar-refractivity contribution in [1.82, 2.24) is 19.8 Å². The fraction of sp³-hybridized carbons (Fsp3) is 0.548. The molecule has 4 heterocycles. The fourth-order valence-corrected chi connectivity index (χ4v) is 7.45. The highest BCUT2D eigenvalue weighted by Crippen LogP contribution is 2.26. The summed E-state index contributed by atoms with van der Waals surface area (Å²) >= 11 is 1.79. The number of piperazine rings is 1. The number of aromatic amines is 1.